The van der Waals surface area contributed by atoms with Gasteiger partial charge in [-0.3, -0.25) is 0 Å². The lowest BCUT2D eigenvalue weighted by molar-refractivity contribution is 0.844. The van der Waals surface area contributed by atoms with Gasteiger partial charge < -0.3 is 5.73 Å². The topological polar surface area (TPSA) is 51.8 Å². The van der Waals surface area contributed by atoms with Gasteiger partial charge in [0.05, 0.1) is 10.0 Å². The molecule has 19 heavy (non-hydrogen) atoms. The minimum absolute atomic E-state index is 0.508. The van der Waals surface area contributed by atoms with Crippen LogP contribution in [0.5, 0.6) is 0 Å². The fourth-order valence-corrected chi connectivity index (χ4v) is 2.19. The van der Waals surface area contributed by atoms with E-state index in [1.165, 1.54) is 0 Å². The summed E-state index contributed by atoms with van der Waals surface area (Å²) < 4.78 is 0. The normalized spacial score (nSPS) is 10.7. The summed E-state index contributed by atoms with van der Waals surface area (Å²) in [4.78, 5) is 8.76. The number of nitrogens with zero attached hydrogens (tertiary/aromatic N) is 2. The molecule has 0 fully saturated rings. The number of nitrogen functional groups attached to an aromatic ring is 1. The second-order valence-electron chi connectivity index (χ2n) is 4.38. The smallest absolute Gasteiger partial charge is 0.135 e. The van der Waals surface area contributed by atoms with Gasteiger partial charge in [-0.15, -0.1) is 0 Å². The third kappa shape index (κ3) is 3.82. The van der Waals surface area contributed by atoms with Crippen LogP contribution in [-0.4, -0.2) is 9.97 Å². The second kappa shape index (κ2) is 6.22. The number of aryl methyl sites for hydroxylation is 1. The Morgan fingerprint density at radius 2 is 1.89 bits per heavy atom. The SMILES string of the molecule is CCCc1cc(N)nc(Cc2ccc(Cl)c(Cl)c2)n1. The van der Waals surface area contributed by atoms with Crippen LogP contribution in [-0.2, 0) is 12.8 Å². The third-order valence-corrected chi connectivity index (χ3v) is 3.44. The van der Waals surface area contributed by atoms with E-state index < -0.39 is 0 Å². The van der Waals surface area contributed by atoms with Gasteiger partial charge in [-0.05, 0) is 24.1 Å². The second-order valence-corrected chi connectivity index (χ2v) is 5.19. The van der Waals surface area contributed by atoms with Crippen molar-refractivity contribution in [1.29, 1.82) is 0 Å². The molecular weight excluding hydrogens is 281 g/mol. The van der Waals surface area contributed by atoms with Crippen molar-refractivity contribution in [3.63, 3.8) is 0 Å². The molecule has 0 saturated heterocycles. The van der Waals surface area contributed by atoms with Crippen molar-refractivity contribution in [2.45, 2.75) is 26.2 Å². The van der Waals surface area contributed by atoms with E-state index >= 15 is 0 Å². The first-order valence-corrected chi connectivity index (χ1v) is 6.90. The highest BCUT2D eigenvalue weighted by Crippen LogP contribution is 2.23. The molecule has 0 aliphatic rings. The van der Waals surface area contributed by atoms with Crippen molar-refractivity contribution < 1.29 is 0 Å². The van der Waals surface area contributed by atoms with Crippen LogP contribution in [0.25, 0.3) is 0 Å². The summed E-state index contributed by atoms with van der Waals surface area (Å²) in [7, 11) is 0. The minimum atomic E-state index is 0.508. The van der Waals surface area contributed by atoms with Crippen LogP contribution in [0.1, 0.15) is 30.4 Å². The van der Waals surface area contributed by atoms with Gasteiger partial charge in [0.2, 0.25) is 0 Å². The molecule has 0 unspecified atom stereocenters. The minimum Gasteiger partial charge on any atom is -0.384 e. The van der Waals surface area contributed by atoms with Crippen molar-refractivity contribution >= 4 is 29.0 Å². The zero-order valence-corrected chi connectivity index (χ0v) is 12.2. The van der Waals surface area contributed by atoms with Gasteiger partial charge >= 0.3 is 0 Å². The van der Waals surface area contributed by atoms with E-state index in [-0.39, 0.29) is 0 Å². The Bertz CT molecular complexity index is 585. The number of anilines is 1. The Balaban J connectivity index is 2.24. The average Bonchev–Trinajstić information content (AvgIpc) is 2.33. The molecule has 2 N–H and O–H groups in total. The van der Waals surface area contributed by atoms with E-state index in [1.54, 1.807) is 6.07 Å². The molecule has 0 amide bonds. The van der Waals surface area contributed by atoms with Crippen molar-refractivity contribution in [2.75, 3.05) is 5.73 Å². The van der Waals surface area contributed by atoms with Crippen LogP contribution < -0.4 is 5.73 Å². The number of halogens is 2. The number of hydrogen-bond acceptors (Lipinski definition) is 3. The number of nitrogens with two attached hydrogens (primary N) is 1. The molecule has 0 saturated carbocycles. The maximum atomic E-state index is 5.99. The van der Waals surface area contributed by atoms with E-state index in [0.717, 1.165) is 24.1 Å². The summed E-state index contributed by atoms with van der Waals surface area (Å²) in [6.45, 7) is 2.11. The summed E-state index contributed by atoms with van der Waals surface area (Å²) in [6.07, 6.45) is 2.53. The summed E-state index contributed by atoms with van der Waals surface area (Å²) in [5.74, 6) is 1.22. The average molecular weight is 296 g/mol. The van der Waals surface area contributed by atoms with Crippen LogP contribution in [0.3, 0.4) is 0 Å². The zero-order valence-electron chi connectivity index (χ0n) is 10.7. The maximum Gasteiger partial charge on any atom is 0.135 e. The Labute approximate surface area is 122 Å². The molecule has 0 spiro atoms. The molecule has 100 valence electrons. The molecule has 2 aromatic rings. The van der Waals surface area contributed by atoms with Gasteiger partial charge in [0.25, 0.3) is 0 Å². The standard InChI is InChI=1S/C14H15Cl2N3/c1-2-3-10-8-13(17)19-14(18-10)7-9-4-5-11(15)12(16)6-9/h4-6,8H,2-3,7H2,1H3,(H2,17,18,19). The molecule has 3 nitrogen and oxygen atoms in total. The molecule has 0 atom stereocenters. The largest absolute Gasteiger partial charge is 0.384 e. The van der Waals surface area contributed by atoms with E-state index in [2.05, 4.69) is 16.9 Å². The van der Waals surface area contributed by atoms with Crippen LogP contribution in [0.15, 0.2) is 24.3 Å². The first kappa shape index (κ1) is 14.1. The number of aromatic nitrogens is 2. The van der Waals surface area contributed by atoms with Crippen LogP contribution >= 0.6 is 23.2 Å². The van der Waals surface area contributed by atoms with Gasteiger partial charge in [-0.1, -0.05) is 42.6 Å². The summed E-state index contributed by atoms with van der Waals surface area (Å²) in [5, 5.41) is 1.09. The first-order chi connectivity index (χ1) is 9.08. The van der Waals surface area contributed by atoms with Crippen molar-refractivity contribution in [3.8, 4) is 0 Å². The number of rotatable bonds is 4. The fourth-order valence-electron chi connectivity index (χ4n) is 1.87. The summed E-state index contributed by atoms with van der Waals surface area (Å²) in [6, 6.07) is 7.34. The van der Waals surface area contributed by atoms with E-state index in [4.69, 9.17) is 28.9 Å². The predicted molar refractivity (Wildman–Crippen MR) is 79.7 cm³/mol. The Morgan fingerprint density at radius 3 is 2.58 bits per heavy atom. The van der Waals surface area contributed by atoms with E-state index in [1.807, 2.05) is 18.2 Å². The molecular formula is C14H15Cl2N3. The Kier molecular flexibility index (Phi) is 4.61. The summed E-state index contributed by atoms with van der Waals surface area (Å²) in [5.41, 5.74) is 7.79. The molecule has 1 aromatic heterocycles. The predicted octanol–water partition coefficient (Wildman–Crippen LogP) is 3.91. The van der Waals surface area contributed by atoms with Gasteiger partial charge in [-0.25, -0.2) is 9.97 Å². The lowest BCUT2D eigenvalue weighted by atomic mass is 10.1. The third-order valence-electron chi connectivity index (χ3n) is 2.70. The lowest BCUT2D eigenvalue weighted by Gasteiger charge is -2.06. The molecule has 5 heteroatoms. The number of benzene rings is 1. The fraction of sp³-hybridized carbons (Fsp3) is 0.286. The molecule has 0 aliphatic heterocycles. The van der Waals surface area contributed by atoms with Gasteiger partial charge in [0.15, 0.2) is 0 Å². The maximum absolute atomic E-state index is 5.99. The van der Waals surface area contributed by atoms with Crippen molar-refractivity contribution in [1.82, 2.24) is 9.97 Å². The molecule has 1 heterocycles. The molecule has 1 aromatic carbocycles. The highest BCUT2D eigenvalue weighted by atomic mass is 35.5. The summed E-state index contributed by atoms with van der Waals surface area (Å²) >= 11 is 11.9. The van der Waals surface area contributed by atoms with Gasteiger partial charge in [0, 0.05) is 18.2 Å². The quantitative estimate of drug-likeness (QED) is 0.930. The van der Waals surface area contributed by atoms with E-state index in [0.29, 0.717) is 28.1 Å². The molecule has 2 rings (SSSR count). The monoisotopic (exact) mass is 295 g/mol. The van der Waals surface area contributed by atoms with Crippen LogP contribution in [0, 0.1) is 0 Å². The van der Waals surface area contributed by atoms with Crippen LogP contribution in [0.4, 0.5) is 5.82 Å². The molecule has 0 radical (unpaired) electrons. The molecule has 0 bridgehead atoms. The Hall–Kier alpha value is -1.32. The number of hydrogen-bond donors (Lipinski definition) is 1. The zero-order chi connectivity index (χ0) is 13.8. The highest BCUT2D eigenvalue weighted by Gasteiger charge is 2.06. The first-order valence-electron chi connectivity index (χ1n) is 6.14. The molecule has 0 aliphatic carbocycles. The lowest BCUT2D eigenvalue weighted by Crippen LogP contribution is -2.04. The van der Waals surface area contributed by atoms with Crippen molar-refractivity contribution in [3.05, 3.63) is 51.4 Å². The highest BCUT2D eigenvalue weighted by molar-refractivity contribution is 6.42. The van der Waals surface area contributed by atoms with Gasteiger partial charge in [0.1, 0.15) is 11.6 Å². The Morgan fingerprint density at radius 1 is 1.11 bits per heavy atom. The van der Waals surface area contributed by atoms with Crippen molar-refractivity contribution in [2.24, 2.45) is 0 Å². The van der Waals surface area contributed by atoms with E-state index in [9.17, 15) is 0 Å². The van der Waals surface area contributed by atoms with Crippen LogP contribution in [0.2, 0.25) is 10.0 Å². The van der Waals surface area contributed by atoms with Gasteiger partial charge in [-0.2, -0.15) is 0 Å².